The van der Waals surface area contributed by atoms with Gasteiger partial charge in [0, 0.05) is 17.8 Å². The molecule has 0 spiro atoms. The lowest BCUT2D eigenvalue weighted by Gasteiger charge is -2.12. The van der Waals surface area contributed by atoms with Crippen molar-refractivity contribution < 1.29 is 9.53 Å². The van der Waals surface area contributed by atoms with Gasteiger partial charge in [-0.2, -0.15) is 0 Å². The molecule has 6 nitrogen and oxygen atoms in total. The van der Waals surface area contributed by atoms with Crippen molar-refractivity contribution in [1.29, 1.82) is 0 Å². The fraction of sp³-hybridized carbons (Fsp3) is 0.588. The van der Waals surface area contributed by atoms with E-state index in [0.717, 1.165) is 12.1 Å². The summed E-state index contributed by atoms with van der Waals surface area (Å²) in [6, 6.07) is 3.15. The summed E-state index contributed by atoms with van der Waals surface area (Å²) >= 11 is 0. The molecular formula is C17H23N3O3. The van der Waals surface area contributed by atoms with Gasteiger partial charge >= 0.3 is 5.97 Å². The number of carbonyl (C=O) groups excluding carboxylic acids is 1. The number of aromatic nitrogens is 3. The molecule has 0 saturated heterocycles. The van der Waals surface area contributed by atoms with Crippen molar-refractivity contribution in [3.63, 3.8) is 0 Å². The van der Waals surface area contributed by atoms with Gasteiger partial charge in [-0.3, -0.25) is 9.89 Å². The second-order valence-electron chi connectivity index (χ2n) is 6.23. The highest BCUT2D eigenvalue weighted by atomic mass is 16.5. The quantitative estimate of drug-likeness (QED) is 0.695. The highest BCUT2D eigenvalue weighted by Gasteiger charge is 2.16. The number of esters is 1. The molecule has 1 aliphatic rings. The van der Waals surface area contributed by atoms with Gasteiger partial charge in [0.15, 0.2) is 5.65 Å². The summed E-state index contributed by atoms with van der Waals surface area (Å²) in [4.78, 5) is 28.6. The number of hydrogen-bond donors (Lipinski definition) is 1. The third-order valence-corrected chi connectivity index (χ3v) is 4.47. The summed E-state index contributed by atoms with van der Waals surface area (Å²) < 4.78 is 6.24. The van der Waals surface area contributed by atoms with Crippen LogP contribution in [0.15, 0.2) is 16.9 Å². The van der Waals surface area contributed by atoms with E-state index < -0.39 is 5.97 Å². The maximum absolute atomic E-state index is 12.2. The Balaban J connectivity index is 1.85. The molecule has 23 heavy (non-hydrogen) atoms. The van der Waals surface area contributed by atoms with Crippen LogP contribution in [-0.2, 0) is 11.2 Å². The number of aromatic amines is 1. The normalized spacial score (nSPS) is 16.4. The minimum absolute atomic E-state index is 0.186. The van der Waals surface area contributed by atoms with E-state index in [1.54, 1.807) is 19.1 Å². The first-order valence-electron chi connectivity index (χ1n) is 8.46. The first-order valence-corrected chi connectivity index (χ1v) is 8.46. The molecule has 2 aromatic heterocycles. The van der Waals surface area contributed by atoms with Crippen LogP contribution in [0.1, 0.15) is 61.6 Å². The number of H-pyrrole nitrogens is 1. The van der Waals surface area contributed by atoms with Crippen LogP contribution in [0.3, 0.4) is 0 Å². The van der Waals surface area contributed by atoms with Crippen LogP contribution >= 0.6 is 0 Å². The number of rotatable bonds is 4. The van der Waals surface area contributed by atoms with Crippen LogP contribution in [0.4, 0.5) is 0 Å². The molecule has 3 rings (SSSR count). The monoisotopic (exact) mass is 317 g/mol. The molecule has 1 fully saturated rings. The fourth-order valence-electron chi connectivity index (χ4n) is 3.32. The standard InChI is InChI=1S/C17H23N3O3/c1-2-23-17(22)14-11-15-18-13(10-16(21)20(15)19-14)9-12-7-5-3-4-6-8-12/h10-12,19H,2-9H2,1H3. The number of fused-ring (bicyclic) bond motifs is 1. The summed E-state index contributed by atoms with van der Waals surface area (Å²) in [5.74, 6) is 0.137. The molecule has 1 N–H and O–H groups in total. The third kappa shape index (κ3) is 3.63. The number of nitrogens with one attached hydrogen (secondary N) is 1. The van der Waals surface area contributed by atoms with E-state index >= 15 is 0 Å². The Hall–Kier alpha value is -2.11. The van der Waals surface area contributed by atoms with Gasteiger partial charge in [-0.05, 0) is 19.3 Å². The zero-order valence-corrected chi connectivity index (χ0v) is 13.5. The van der Waals surface area contributed by atoms with Gasteiger partial charge in [0.05, 0.1) is 6.61 Å². The summed E-state index contributed by atoms with van der Waals surface area (Å²) in [7, 11) is 0. The second kappa shape index (κ2) is 6.98. The van der Waals surface area contributed by atoms with Gasteiger partial charge in [0.2, 0.25) is 0 Å². The molecule has 124 valence electrons. The average molecular weight is 317 g/mol. The van der Waals surface area contributed by atoms with Gasteiger partial charge in [-0.15, -0.1) is 0 Å². The van der Waals surface area contributed by atoms with Crippen molar-refractivity contribution in [2.45, 2.75) is 51.9 Å². The van der Waals surface area contributed by atoms with Crippen LogP contribution in [0, 0.1) is 5.92 Å². The zero-order chi connectivity index (χ0) is 16.2. The molecule has 0 aliphatic heterocycles. The Morgan fingerprint density at radius 2 is 2.04 bits per heavy atom. The highest BCUT2D eigenvalue weighted by molar-refractivity contribution is 5.88. The van der Waals surface area contributed by atoms with Crippen LogP contribution in [-0.4, -0.2) is 27.2 Å². The topological polar surface area (TPSA) is 76.5 Å². The molecule has 0 unspecified atom stereocenters. The molecule has 2 heterocycles. The second-order valence-corrected chi connectivity index (χ2v) is 6.23. The summed E-state index contributed by atoms with van der Waals surface area (Å²) in [5, 5.41) is 2.76. The Morgan fingerprint density at radius 3 is 2.74 bits per heavy atom. The number of nitrogens with zero attached hydrogens (tertiary/aromatic N) is 2. The minimum Gasteiger partial charge on any atom is -0.461 e. The van der Waals surface area contributed by atoms with Crippen molar-refractivity contribution in [3.05, 3.63) is 33.9 Å². The van der Waals surface area contributed by atoms with E-state index in [0.29, 0.717) is 18.2 Å². The van der Waals surface area contributed by atoms with Gasteiger partial charge in [-0.1, -0.05) is 38.5 Å². The lowest BCUT2D eigenvalue weighted by molar-refractivity contribution is 0.0519. The highest BCUT2D eigenvalue weighted by Crippen LogP contribution is 2.25. The molecule has 0 bridgehead atoms. The first kappa shape index (κ1) is 15.8. The van der Waals surface area contributed by atoms with Gasteiger partial charge in [0.1, 0.15) is 5.69 Å². The number of ether oxygens (including phenoxy) is 1. The Labute approximate surface area is 134 Å². The molecule has 0 atom stereocenters. The smallest absolute Gasteiger partial charge is 0.356 e. The Kier molecular flexibility index (Phi) is 4.79. The zero-order valence-electron chi connectivity index (χ0n) is 13.5. The molecule has 2 aromatic rings. The maximum atomic E-state index is 12.2. The fourth-order valence-corrected chi connectivity index (χ4v) is 3.32. The van der Waals surface area contributed by atoms with Crippen molar-refractivity contribution in [2.24, 2.45) is 5.92 Å². The Bertz CT molecular complexity index is 739. The minimum atomic E-state index is -0.470. The number of hydrogen-bond acceptors (Lipinski definition) is 4. The van der Waals surface area contributed by atoms with Gasteiger partial charge < -0.3 is 4.74 Å². The largest absolute Gasteiger partial charge is 0.461 e. The van der Waals surface area contributed by atoms with E-state index in [2.05, 4.69) is 10.1 Å². The van der Waals surface area contributed by atoms with E-state index in [-0.39, 0.29) is 11.3 Å². The van der Waals surface area contributed by atoms with E-state index in [1.165, 1.54) is 43.0 Å². The van der Waals surface area contributed by atoms with E-state index in [1.807, 2.05) is 0 Å². The number of carbonyl (C=O) groups is 1. The summed E-state index contributed by atoms with van der Waals surface area (Å²) in [6.07, 6.45) is 8.42. The van der Waals surface area contributed by atoms with Crippen molar-refractivity contribution >= 4 is 11.6 Å². The average Bonchev–Trinajstić information content (AvgIpc) is 2.79. The predicted molar refractivity (Wildman–Crippen MR) is 86.7 cm³/mol. The van der Waals surface area contributed by atoms with E-state index in [4.69, 9.17) is 4.74 Å². The summed E-state index contributed by atoms with van der Waals surface area (Å²) in [5.41, 5.74) is 1.36. The van der Waals surface area contributed by atoms with E-state index in [9.17, 15) is 9.59 Å². The summed E-state index contributed by atoms with van der Waals surface area (Å²) in [6.45, 7) is 2.04. The molecule has 6 heteroatoms. The van der Waals surface area contributed by atoms with Crippen LogP contribution < -0.4 is 5.56 Å². The van der Waals surface area contributed by atoms with Crippen molar-refractivity contribution in [1.82, 2.24) is 14.6 Å². The predicted octanol–water partition coefficient (Wildman–Crippen LogP) is 2.71. The third-order valence-electron chi connectivity index (χ3n) is 4.47. The molecule has 1 saturated carbocycles. The van der Waals surface area contributed by atoms with Gasteiger partial charge in [0.25, 0.3) is 5.56 Å². The van der Waals surface area contributed by atoms with Crippen molar-refractivity contribution in [2.75, 3.05) is 6.61 Å². The molecule has 0 radical (unpaired) electrons. The molecule has 0 amide bonds. The van der Waals surface area contributed by atoms with Gasteiger partial charge in [-0.25, -0.2) is 14.3 Å². The molecular weight excluding hydrogens is 294 g/mol. The Morgan fingerprint density at radius 1 is 1.30 bits per heavy atom. The van der Waals surface area contributed by atoms with Crippen LogP contribution in [0.5, 0.6) is 0 Å². The molecule has 1 aliphatic carbocycles. The maximum Gasteiger partial charge on any atom is 0.356 e. The first-order chi connectivity index (χ1) is 11.2. The van der Waals surface area contributed by atoms with Crippen LogP contribution in [0.2, 0.25) is 0 Å². The van der Waals surface area contributed by atoms with Crippen molar-refractivity contribution in [3.8, 4) is 0 Å². The lowest BCUT2D eigenvalue weighted by atomic mass is 9.95. The van der Waals surface area contributed by atoms with Crippen LogP contribution in [0.25, 0.3) is 5.65 Å². The lowest BCUT2D eigenvalue weighted by Crippen LogP contribution is -2.17. The SMILES string of the molecule is CCOC(=O)c1cc2nc(CC3CCCCCC3)cc(=O)n2[nH]1. The molecule has 0 aromatic carbocycles.